The predicted molar refractivity (Wildman–Crippen MR) is 60.5 cm³/mol. The van der Waals surface area contributed by atoms with Crippen LogP contribution >= 0.6 is 11.8 Å². The maximum Gasteiger partial charge on any atom is 0.446 e. The fraction of sp³-hybridized carbons (Fsp3) is 0.400. The van der Waals surface area contributed by atoms with Crippen LogP contribution in [0, 0.1) is 0 Å². The van der Waals surface area contributed by atoms with E-state index in [4.69, 9.17) is 5.73 Å². The zero-order valence-corrected chi connectivity index (χ0v) is 9.37. The van der Waals surface area contributed by atoms with Crippen molar-refractivity contribution in [2.45, 2.75) is 16.8 Å². The Labute approximate surface area is 96.4 Å². The Bertz CT molecular complexity index is 328. The number of benzene rings is 1. The number of anilines is 1. The van der Waals surface area contributed by atoms with Gasteiger partial charge in [0.15, 0.2) is 0 Å². The number of alkyl halides is 3. The maximum atomic E-state index is 12.2. The van der Waals surface area contributed by atoms with Gasteiger partial charge in [0.1, 0.15) is 0 Å². The summed E-state index contributed by atoms with van der Waals surface area (Å²) in [5.41, 5.74) is 1.55. The third-order valence-corrected chi connectivity index (χ3v) is 2.62. The first-order valence-electron chi connectivity index (χ1n) is 4.81. The molecule has 0 aliphatic carbocycles. The molecule has 0 atom stereocenters. The molecule has 6 heteroatoms. The fourth-order valence-corrected chi connectivity index (χ4v) is 1.80. The summed E-state index contributed by atoms with van der Waals surface area (Å²) in [6, 6.07) is 6.36. The van der Waals surface area contributed by atoms with Crippen LogP contribution in [-0.4, -0.2) is 18.6 Å². The van der Waals surface area contributed by atoms with Crippen molar-refractivity contribution < 1.29 is 13.2 Å². The summed E-state index contributed by atoms with van der Waals surface area (Å²) in [4.78, 5) is 0.187. The highest BCUT2D eigenvalue weighted by Crippen LogP contribution is 2.40. The molecule has 90 valence electrons. The second-order valence-corrected chi connectivity index (χ2v) is 4.22. The largest absolute Gasteiger partial charge is 0.446 e. The summed E-state index contributed by atoms with van der Waals surface area (Å²) in [5, 5.41) is 2.94. The van der Waals surface area contributed by atoms with E-state index in [0.29, 0.717) is 18.8 Å². The normalized spacial score (nSPS) is 11.5. The second-order valence-electron chi connectivity index (χ2n) is 3.11. The van der Waals surface area contributed by atoms with Crippen LogP contribution in [-0.2, 0) is 0 Å². The van der Waals surface area contributed by atoms with Gasteiger partial charge in [-0.05, 0) is 36.9 Å². The molecular formula is C10H13F3N2S. The van der Waals surface area contributed by atoms with Gasteiger partial charge in [-0.3, -0.25) is 0 Å². The Balaban J connectivity index is 2.68. The van der Waals surface area contributed by atoms with E-state index in [1.54, 1.807) is 18.2 Å². The van der Waals surface area contributed by atoms with E-state index in [9.17, 15) is 13.2 Å². The van der Waals surface area contributed by atoms with Crippen LogP contribution < -0.4 is 11.1 Å². The third-order valence-electron chi connectivity index (χ3n) is 1.81. The lowest BCUT2D eigenvalue weighted by atomic mass is 10.3. The van der Waals surface area contributed by atoms with Gasteiger partial charge in [0.05, 0.1) is 0 Å². The predicted octanol–water partition coefficient (Wildman–Crippen LogP) is 3.06. The summed E-state index contributed by atoms with van der Waals surface area (Å²) in [6.45, 7) is 1.09. The van der Waals surface area contributed by atoms with Crippen molar-refractivity contribution in [3.63, 3.8) is 0 Å². The molecule has 3 N–H and O–H groups in total. The van der Waals surface area contributed by atoms with E-state index in [0.717, 1.165) is 6.42 Å². The minimum atomic E-state index is -4.26. The topological polar surface area (TPSA) is 38.0 Å². The molecule has 2 nitrogen and oxygen atoms in total. The van der Waals surface area contributed by atoms with Crippen molar-refractivity contribution in [2.75, 3.05) is 18.4 Å². The van der Waals surface area contributed by atoms with Gasteiger partial charge < -0.3 is 11.1 Å². The Morgan fingerprint density at radius 1 is 1.25 bits per heavy atom. The van der Waals surface area contributed by atoms with Crippen molar-refractivity contribution in [1.82, 2.24) is 0 Å². The van der Waals surface area contributed by atoms with Gasteiger partial charge in [-0.1, -0.05) is 12.1 Å². The smallest absolute Gasteiger partial charge is 0.384 e. The number of rotatable bonds is 5. The molecular weight excluding hydrogens is 237 g/mol. The van der Waals surface area contributed by atoms with Crippen molar-refractivity contribution in [2.24, 2.45) is 5.73 Å². The Kier molecular flexibility index (Phi) is 4.95. The Hall–Kier alpha value is -0.880. The molecule has 0 aromatic heterocycles. The zero-order valence-electron chi connectivity index (χ0n) is 8.55. The molecule has 0 aliphatic heterocycles. The van der Waals surface area contributed by atoms with Crippen molar-refractivity contribution in [3.8, 4) is 0 Å². The maximum absolute atomic E-state index is 12.2. The molecule has 0 saturated heterocycles. The number of thioether (sulfide) groups is 1. The number of nitrogens with one attached hydrogen (secondary N) is 1. The monoisotopic (exact) mass is 250 g/mol. The first-order chi connectivity index (χ1) is 7.53. The molecule has 0 heterocycles. The lowest BCUT2D eigenvalue weighted by molar-refractivity contribution is -0.0327. The molecule has 0 unspecified atom stereocenters. The quantitative estimate of drug-likeness (QED) is 0.623. The van der Waals surface area contributed by atoms with E-state index >= 15 is 0 Å². The Morgan fingerprint density at radius 2 is 1.94 bits per heavy atom. The van der Waals surface area contributed by atoms with E-state index in [-0.39, 0.29) is 16.7 Å². The molecule has 0 fully saturated rings. The standard InChI is InChI=1S/C10H13F3N2S/c11-10(12,13)16-9-5-2-1-4-8(9)15-7-3-6-14/h1-2,4-5,15H,3,6-7,14H2. The summed E-state index contributed by atoms with van der Waals surface area (Å²) < 4.78 is 36.7. The van der Waals surface area contributed by atoms with Crippen LogP contribution in [0.2, 0.25) is 0 Å². The number of hydrogen-bond donors (Lipinski definition) is 2. The molecule has 1 rings (SSSR count). The molecule has 0 amide bonds. The van der Waals surface area contributed by atoms with E-state index in [2.05, 4.69) is 5.32 Å². The van der Waals surface area contributed by atoms with Crippen LogP contribution in [0.1, 0.15) is 6.42 Å². The minimum Gasteiger partial charge on any atom is -0.384 e. The van der Waals surface area contributed by atoms with Crippen LogP contribution in [0.4, 0.5) is 18.9 Å². The minimum absolute atomic E-state index is 0.108. The SMILES string of the molecule is NCCCNc1ccccc1SC(F)(F)F. The van der Waals surface area contributed by atoms with Gasteiger partial charge in [0.2, 0.25) is 0 Å². The number of hydrogen-bond acceptors (Lipinski definition) is 3. The van der Waals surface area contributed by atoms with E-state index in [1.807, 2.05) is 0 Å². The highest BCUT2D eigenvalue weighted by atomic mass is 32.2. The first kappa shape index (κ1) is 13.2. The van der Waals surface area contributed by atoms with Gasteiger partial charge in [-0.2, -0.15) is 13.2 Å². The van der Waals surface area contributed by atoms with Crippen molar-refractivity contribution in [1.29, 1.82) is 0 Å². The van der Waals surface area contributed by atoms with E-state index < -0.39 is 5.51 Å². The fourth-order valence-electron chi connectivity index (χ4n) is 1.15. The van der Waals surface area contributed by atoms with Gasteiger partial charge in [-0.25, -0.2) is 0 Å². The van der Waals surface area contributed by atoms with Crippen LogP contribution in [0.25, 0.3) is 0 Å². The van der Waals surface area contributed by atoms with Gasteiger partial charge in [0.25, 0.3) is 0 Å². The van der Waals surface area contributed by atoms with Crippen molar-refractivity contribution in [3.05, 3.63) is 24.3 Å². The molecule has 1 aromatic rings. The molecule has 1 aromatic carbocycles. The Morgan fingerprint density at radius 3 is 2.56 bits per heavy atom. The summed E-state index contributed by atoms with van der Waals surface area (Å²) in [6.07, 6.45) is 0.727. The average Bonchev–Trinajstić information content (AvgIpc) is 2.19. The molecule has 0 spiro atoms. The lowest BCUT2D eigenvalue weighted by Crippen LogP contribution is -2.09. The highest BCUT2D eigenvalue weighted by Gasteiger charge is 2.30. The van der Waals surface area contributed by atoms with Gasteiger partial charge >= 0.3 is 5.51 Å². The molecule has 16 heavy (non-hydrogen) atoms. The lowest BCUT2D eigenvalue weighted by Gasteiger charge is -2.12. The summed E-state index contributed by atoms with van der Waals surface area (Å²) in [5.74, 6) is 0. The van der Waals surface area contributed by atoms with Gasteiger partial charge in [-0.15, -0.1) is 0 Å². The van der Waals surface area contributed by atoms with Crippen LogP contribution in [0.3, 0.4) is 0 Å². The van der Waals surface area contributed by atoms with Crippen molar-refractivity contribution >= 4 is 17.4 Å². The average molecular weight is 250 g/mol. The molecule has 0 radical (unpaired) electrons. The number of halogens is 3. The second kappa shape index (κ2) is 6.00. The summed E-state index contributed by atoms with van der Waals surface area (Å²) in [7, 11) is 0. The number of para-hydroxylation sites is 1. The molecule has 0 aliphatic rings. The number of nitrogens with two attached hydrogens (primary N) is 1. The van der Waals surface area contributed by atoms with Crippen LogP contribution in [0.5, 0.6) is 0 Å². The third kappa shape index (κ3) is 4.76. The molecule has 0 saturated carbocycles. The zero-order chi connectivity index (χ0) is 12.0. The molecule has 0 bridgehead atoms. The van der Waals surface area contributed by atoms with E-state index in [1.165, 1.54) is 6.07 Å². The highest BCUT2D eigenvalue weighted by molar-refractivity contribution is 8.00. The summed E-state index contributed by atoms with van der Waals surface area (Å²) >= 11 is -0.108. The van der Waals surface area contributed by atoms with Gasteiger partial charge in [0, 0.05) is 17.1 Å². The van der Waals surface area contributed by atoms with Crippen LogP contribution in [0.15, 0.2) is 29.2 Å². The first-order valence-corrected chi connectivity index (χ1v) is 5.63.